The number of unbranched alkanes of at least 4 members (excludes halogenated alkanes) is 1. The van der Waals surface area contributed by atoms with E-state index in [1.54, 1.807) is 29.2 Å². The van der Waals surface area contributed by atoms with Crippen LogP contribution in [0.5, 0.6) is 0 Å². The standard InChI is InChI=1S/C21H26N6O4/c1-4-5-10-26-18(22)17(19(28)24-21(26)30)27(13-15-7-6-11-31-15)20(29)14-8-9-16(23-12-14)25(2)3/h6-9,11-12H,4-5,10,13,22H2,1-3H3,(H,24,28,30). The van der Waals surface area contributed by atoms with E-state index < -0.39 is 17.2 Å². The number of aromatic nitrogens is 3. The first-order valence-corrected chi connectivity index (χ1v) is 9.93. The summed E-state index contributed by atoms with van der Waals surface area (Å²) in [7, 11) is 3.68. The summed E-state index contributed by atoms with van der Waals surface area (Å²) in [6.45, 7) is 2.26. The first-order valence-electron chi connectivity index (χ1n) is 9.93. The third-order valence-corrected chi connectivity index (χ3v) is 4.81. The van der Waals surface area contributed by atoms with Gasteiger partial charge in [-0.15, -0.1) is 0 Å². The Morgan fingerprint density at radius 2 is 2.03 bits per heavy atom. The molecule has 0 atom stereocenters. The van der Waals surface area contributed by atoms with Crippen LogP contribution in [-0.4, -0.2) is 34.5 Å². The van der Waals surface area contributed by atoms with Gasteiger partial charge in [0.2, 0.25) is 0 Å². The summed E-state index contributed by atoms with van der Waals surface area (Å²) in [4.78, 5) is 48.0. The number of nitrogens with zero attached hydrogens (tertiary/aromatic N) is 4. The van der Waals surface area contributed by atoms with E-state index in [9.17, 15) is 14.4 Å². The molecular formula is C21H26N6O4. The van der Waals surface area contributed by atoms with E-state index in [4.69, 9.17) is 10.2 Å². The van der Waals surface area contributed by atoms with Gasteiger partial charge in [0.05, 0.1) is 18.4 Å². The predicted octanol–water partition coefficient (Wildman–Crippen LogP) is 1.82. The Morgan fingerprint density at radius 1 is 1.26 bits per heavy atom. The van der Waals surface area contributed by atoms with Crippen molar-refractivity contribution in [3.63, 3.8) is 0 Å². The van der Waals surface area contributed by atoms with Gasteiger partial charge in [-0.1, -0.05) is 13.3 Å². The van der Waals surface area contributed by atoms with E-state index in [2.05, 4.69) is 9.97 Å². The van der Waals surface area contributed by atoms with Crippen molar-refractivity contribution in [1.29, 1.82) is 0 Å². The highest BCUT2D eigenvalue weighted by Crippen LogP contribution is 2.23. The smallest absolute Gasteiger partial charge is 0.330 e. The Bertz CT molecular complexity index is 1150. The van der Waals surface area contributed by atoms with Crippen molar-refractivity contribution in [2.45, 2.75) is 32.9 Å². The number of carbonyl (C=O) groups is 1. The molecule has 0 saturated carbocycles. The molecule has 0 aliphatic heterocycles. The number of anilines is 3. The number of aromatic amines is 1. The number of nitrogens with one attached hydrogen (secondary N) is 1. The quantitative estimate of drug-likeness (QED) is 0.562. The molecule has 10 heteroatoms. The van der Waals surface area contributed by atoms with Crippen LogP contribution in [0, 0.1) is 0 Å². The monoisotopic (exact) mass is 426 g/mol. The second kappa shape index (κ2) is 9.33. The van der Waals surface area contributed by atoms with Crippen LogP contribution in [0.1, 0.15) is 35.9 Å². The summed E-state index contributed by atoms with van der Waals surface area (Å²) in [6.07, 6.45) is 4.43. The van der Waals surface area contributed by atoms with Crippen molar-refractivity contribution >= 4 is 23.2 Å². The summed E-state index contributed by atoms with van der Waals surface area (Å²) in [5, 5.41) is 0. The van der Waals surface area contributed by atoms with E-state index in [1.807, 2.05) is 21.0 Å². The molecule has 3 aromatic heterocycles. The Balaban J connectivity index is 2.10. The minimum atomic E-state index is -0.743. The maximum Gasteiger partial charge on any atom is 0.330 e. The van der Waals surface area contributed by atoms with Gasteiger partial charge in [0.1, 0.15) is 17.4 Å². The van der Waals surface area contributed by atoms with E-state index in [-0.39, 0.29) is 23.6 Å². The molecule has 31 heavy (non-hydrogen) atoms. The number of pyridine rings is 1. The molecule has 0 bridgehead atoms. The lowest BCUT2D eigenvalue weighted by Gasteiger charge is -2.24. The molecule has 0 aliphatic carbocycles. The number of furan rings is 1. The van der Waals surface area contributed by atoms with Crippen molar-refractivity contribution in [2.24, 2.45) is 0 Å². The maximum absolute atomic E-state index is 13.4. The number of rotatable bonds is 8. The number of carbonyl (C=O) groups excluding carboxylic acids is 1. The number of amides is 1. The molecule has 164 valence electrons. The Kier molecular flexibility index (Phi) is 6.58. The molecule has 3 rings (SSSR count). The van der Waals surface area contributed by atoms with Crippen LogP contribution in [0.25, 0.3) is 0 Å². The first kappa shape index (κ1) is 21.9. The lowest BCUT2D eigenvalue weighted by molar-refractivity contribution is 0.0982. The van der Waals surface area contributed by atoms with E-state index in [1.165, 1.54) is 21.9 Å². The summed E-state index contributed by atoms with van der Waals surface area (Å²) in [5.74, 6) is 0.572. The average Bonchev–Trinajstić information content (AvgIpc) is 3.25. The van der Waals surface area contributed by atoms with Crippen molar-refractivity contribution in [3.8, 4) is 0 Å². The topological polar surface area (TPSA) is 130 Å². The maximum atomic E-state index is 13.4. The fourth-order valence-corrected chi connectivity index (χ4v) is 3.12. The van der Waals surface area contributed by atoms with Crippen LogP contribution < -0.4 is 26.8 Å². The fourth-order valence-electron chi connectivity index (χ4n) is 3.12. The third kappa shape index (κ3) is 4.68. The van der Waals surface area contributed by atoms with Gasteiger partial charge in [-0.25, -0.2) is 9.78 Å². The van der Waals surface area contributed by atoms with Crippen LogP contribution in [0.15, 0.2) is 50.7 Å². The molecule has 3 heterocycles. The van der Waals surface area contributed by atoms with Crippen molar-refractivity contribution < 1.29 is 9.21 Å². The Hall–Kier alpha value is -3.82. The highest BCUT2D eigenvalue weighted by molar-refractivity contribution is 6.07. The molecule has 1 amide bonds. The number of hydrogen-bond acceptors (Lipinski definition) is 7. The lowest BCUT2D eigenvalue weighted by atomic mass is 10.2. The van der Waals surface area contributed by atoms with Gasteiger partial charge < -0.3 is 15.1 Å². The van der Waals surface area contributed by atoms with Crippen molar-refractivity contribution in [2.75, 3.05) is 29.6 Å². The van der Waals surface area contributed by atoms with E-state index in [0.29, 0.717) is 24.5 Å². The highest BCUT2D eigenvalue weighted by Gasteiger charge is 2.26. The molecule has 3 aromatic rings. The third-order valence-electron chi connectivity index (χ3n) is 4.81. The number of nitrogens with two attached hydrogens (primary N) is 1. The largest absolute Gasteiger partial charge is 0.467 e. The van der Waals surface area contributed by atoms with Crippen molar-refractivity contribution in [1.82, 2.24) is 14.5 Å². The Labute approximate surface area is 178 Å². The van der Waals surface area contributed by atoms with Gasteiger partial charge in [-0.05, 0) is 30.7 Å². The normalized spacial score (nSPS) is 10.8. The summed E-state index contributed by atoms with van der Waals surface area (Å²) >= 11 is 0. The minimum absolute atomic E-state index is 0.0411. The SMILES string of the molecule is CCCCn1c(N)c(N(Cc2ccco2)C(=O)c2ccc(N(C)C)nc2)c(=O)[nH]c1=O. The zero-order valence-corrected chi connectivity index (χ0v) is 17.8. The van der Waals surface area contributed by atoms with Gasteiger partial charge >= 0.3 is 5.69 Å². The molecule has 0 aliphatic rings. The predicted molar refractivity (Wildman–Crippen MR) is 118 cm³/mol. The van der Waals surface area contributed by atoms with Gasteiger partial charge in [0.25, 0.3) is 11.5 Å². The number of nitrogen functional groups attached to an aromatic ring is 1. The average molecular weight is 426 g/mol. The van der Waals surface area contributed by atoms with Crippen LogP contribution in [0.4, 0.5) is 17.3 Å². The molecule has 0 fully saturated rings. The van der Waals surface area contributed by atoms with Gasteiger partial charge in [-0.3, -0.25) is 24.0 Å². The second-order valence-corrected chi connectivity index (χ2v) is 7.27. The highest BCUT2D eigenvalue weighted by atomic mass is 16.3. The summed E-state index contributed by atoms with van der Waals surface area (Å²) in [6, 6.07) is 6.69. The van der Waals surface area contributed by atoms with E-state index in [0.717, 1.165) is 6.42 Å². The van der Waals surface area contributed by atoms with Crippen LogP contribution in [0.3, 0.4) is 0 Å². The number of hydrogen-bond donors (Lipinski definition) is 2. The summed E-state index contributed by atoms with van der Waals surface area (Å²) < 4.78 is 6.66. The van der Waals surface area contributed by atoms with Crippen LogP contribution in [-0.2, 0) is 13.1 Å². The van der Waals surface area contributed by atoms with Crippen molar-refractivity contribution in [3.05, 3.63) is 68.9 Å². The Morgan fingerprint density at radius 3 is 2.61 bits per heavy atom. The molecule has 3 N–H and O–H groups in total. The molecule has 10 nitrogen and oxygen atoms in total. The van der Waals surface area contributed by atoms with Crippen LogP contribution in [0.2, 0.25) is 0 Å². The lowest BCUT2D eigenvalue weighted by Crippen LogP contribution is -2.41. The molecular weight excluding hydrogens is 400 g/mol. The van der Waals surface area contributed by atoms with Gasteiger partial charge in [0, 0.05) is 26.8 Å². The first-order chi connectivity index (χ1) is 14.8. The summed E-state index contributed by atoms with van der Waals surface area (Å²) in [5.41, 5.74) is 5.04. The fraction of sp³-hybridized carbons (Fsp3) is 0.333. The van der Waals surface area contributed by atoms with Gasteiger partial charge in [-0.2, -0.15) is 0 Å². The molecule has 0 spiro atoms. The molecule has 0 unspecified atom stereocenters. The molecule has 0 radical (unpaired) electrons. The minimum Gasteiger partial charge on any atom is -0.467 e. The van der Waals surface area contributed by atoms with Crippen LogP contribution >= 0.6 is 0 Å². The van der Waals surface area contributed by atoms with E-state index >= 15 is 0 Å². The van der Waals surface area contributed by atoms with Gasteiger partial charge in [0.15, 0.2) is 5.69 Å². The molecule has 0 aromatic carbocycles. The second-order valence-electron chi connectivity index (χ2n) is 7.27. The zero-order valence-electron chi connectivity index (χ0n) is 17.8. The zero-order chi connectivity index (χ0) is 22.5. The molecule has 0 saturated heterocycles. The number of H-pyrrole nitrogens is 1.